The molecule has 0 aliphatic rings. The van der Waals surface area contributed by atoms with Gasteiger partial charge in [0.05, 0.1) is 34.3 Å². The van der Waals surface area contributed by atoms with E-state index in [0.29, 0.717) is 0 Å². The van der Waals surface area contributed by atoms with Crippen LogP contribution in [0.15, 0.2) is 54.6 Å². The fourth-order valence-electron chi connectivity index (χ4n) is 2.29. The van der Waals surface area contributed by atoms with Crippen LogP contribution in [0.3, 0.4) is 0 Å². The van der Waals surface area contributed by atoms with E-state index in [1.54, 1.807) is 7.11 Å². The van der Waals surface area contributed by atoms with Gasteiger partial charge in [-0.1, -0.05) is 30.3 Å². The van der Waals surface area contributed by atoms with Gasteiger partial charge in [-0.3, -0.25) is 0 Å². The predicted molar refractivity (Wildman–Crippen MR) is 104 cm³/mol. The van der Waals surface area contributed by atoms with Crippen LogP contribution in [0.4, 0.5) is 5.69 Å². The van der Waals surface area contributed by atoms with Crippen molar-refractivity contribution in [3.63, 3.8) is 0 Å². The molecule has 0 heterocycles. The molecule has 0 saturated carbocycles. The number of hydrogen-bond donors (Lipinski definition) is 2. The Labute approximate surface area is 150 Å². The Kier molecular flexibility index (Phi) is 7.03. The molecule has 2 N–H and O–H groups in total. The number of likely N-dealkylation sites (N-methyl/N-ethyl adjacent to an activating group) is 1. The van der Waals surface area contributed by atoms with E-state index in [9.17, 15) is 0 Å². The molecule has 0 aliphatic heterocycles. The van der Waals surface area contributed by atoms with Crippen LogP contribution in [0.25, 0.3) is 0 Å². The maximum Gasteiger partial charge on any atom is 0.173 e. The molecule has 0 aliphatic carbocycles. The zero-order chi connectivity index (χ0) is 17.4. The van der Waals surface area contributed by atoms with Crippen molar-refractivity contribution in [1.82, 2.24) is 4.90 Å². The smallest absolute Gasteiger partial charge is 0.173 e. The number of anilines is 1. The summed E-state index contributed by atoms with van der Waals surface area (Å²) in [5, 5.41) is 4.07. The molecule has 24 heavy (non-hydrogen) atoms. The van der Waals surface area contributed by atoms with E-state index in [-0.39, 0.29) is 0 Å². The van der Waals surface area contributed by atoms with Crippen LogP contribution in [-0.2, 0) is 6.54 Å². The lowest BCUT2D eigenvalue weighted by Crippen LogP contribution is -3.06. The molecule has 0 aromatic heterocycles. The quantitative estimate of drug-likeness (QED) is 0.752. The summed E-state index contributed by atoms with van der Waals surface area (Å²) in [5.41, 5.74) is 2.22. The summed E-state index contributed by atoms with van der Waals surface area (Å²) in [6.45, 7) is 2.73. The van der Waals surface area contributed by atoms with Crippen molar-refractivity contribution in [3.8, 4) is 5.75 Å². The number of methoxy groups -OCH3 is 1. The van der Waals surface area contributed by atoms with Gasteiger partial charge in [0.2, 0.25) is 0 Å². The highest BCUT2D eigenvalue weighted by Crippen LogP contribution is 2.16. The van der Waals surface area contributed by atoms with E-state index in [2.05, 4.69) is 48.6 Å². The van der Waals surface area contributed by atoms with Crippen LogP contribution in [0, 0.1) is 0 Å². The molecule has 2 rings (SSSR count). The minimum Gasteiger partial charge on any atom is -0.497 e. The van der Waals surface area contributed by atoms with Crippen LogP contribution in [0.2, 0.25) is 0 Å². The normalized spacial score (nSPS) is 10.5. The highest BCUT2D eigenvalue weighted by atomic mass is 32.1. The fourth-order valence-corrected chi connectivity index (χ4v) is 2.57. The average Bonchev–Trinajstić information content (AvgIpc) is 2.60. The maximum atomic E-state index is 5.64. The van der Waals surface area contributed by atoms with E-state index < -0.39 is 0 Å². The molecule has 0 amide bonds. The molecule has 0 unspecified atom stereocenters. The van der Waals surface area contributed by atoms with Gasteiger partial charge in [-0.2, -0.15) is 0 Å². The Morgan fingerprint density at radius 1 is 1.08 bits per heavy atom. The van der Waals surface area contributed by atoms with Crippen LogP contribution in [-0.4, -0.2) is 44.3 Å². The number of benzene rings is 2. The first-order valence-electron chi connectivity index (χ1n) is 8.11. The number of thiocarbonyl (C=S) groups is 1. The van der Waals surface area contributed by atoms with Crippen LogP contribution in [0.5, 0.6) is 5.75 Å². The third kappa shape index (κ3) is 5.83. The maximum absolute atomic E-state index is 5.64. The topological polar surface area (TPSA) is 28.9 Å². The van der Waals surface area contributed by atoms with Gasteiger partial charge in [-0.15, -0.1) is 0 Å². The summed E-state index contributed by atoms with van der Waals surface area (Å²) < 4.78 is 5.19. The molecular weight excluding hydrogens is 318 g/mol. The Morgan fingerprint density at radius 3 is 2.33 bits per heavy atom. The van der Waals surface area contributed by atoms with Crippen LogP contribution >= 0.6 is 12.2 Å². The molecule has 2 aromatic carbocycles. The first-order valence-corrected chi connectivity index (χ1v) is 8.52. The third-order valence-electron chi connectivity index (χ3n) is 3.73. The molecule has 0 radical (unpaired) electrons. The number of nitrogens with one attached hydrogen (secondary N) is 2. The van der Waals surface area contributed by atoms with E-state index in [1.807, 2.05) is 30.3 Å². The van der Waals surface area contributed by atoms with Crippen molar-refractivity contribution in [2.24, 2.45) is 0 Å². The van der Waals surface area contributed by atoms with E-state index in [1.165, 1.54) is 10.5 Å². The molecule has 128 valence electrons. The minimum atomic E-state index is 0.741. The number of hydrogen-bond acceptors (Lipinski definition) is 2. The summed E-state index contributed by atoms with van der Waals surface area (Å²) in [4.78, 5) is 3.61. The molecule has 0 atom stereocenters. The molecule has 5 heteroatoms. The lowest BCUT2D eigenvalue weighted by atomic mass is 10.2. The first kappa shape index (κ1) is 18.2. The number of quaternary nitrogens is 1. The predicted octanol–water partition coefficient (Wildman–Crippen LogP) is 2.04. The summed E-state index contributed by atoms with van der Waals surface area (Å²) in [7, 11) is 5.97. The Morgan fingerprint density at radius 2 is 1.75 bits per heavy atom. The molecule has 0 bridgehead atoms. The molecule has 2 aromatic rings. The van der Waals surface area contributed by atoms with Crippen molar-refractivity contribution >= 4 is 23.0 Å². The standard InChI is InChI=1S/C19H25N3OS/c1-21(2)13-14-22(15-16-7-5-4-6-8-16)19(24)20-17-9-11-18(23-3)12-10-17/h4-12H,13-15H2,1-3H3,(H,20,24)/p+1. The summed E-state index contributed by atoms with van der Waals surface area (Å²) in [6.07, 6.45) is 0. The second kappa shape index (κ2) is 9.25. The monoisotopic (exact) mass is 344 g/mol. The summed E-state index contributed by atoms with van der Waals surface area (Å²) >= 11 is 5.64. The van der Waals surface area contributed by atoms with Crippen molar-refractivity contribution in [2.75, 3.05) is 39.6 Å². The average molecular weight is 345 g/mol. The van der Waals surface area contributed by atoms with Crippen molar-refractivity contribution in [1.29, 1.82) is 0 Å². The first-order chi connectivity index (χ1) is 11.6. The molecule has 4 nitrogen and oxygen atoms in total. The Hall–Kier alpha value is -2.11. The molecule has 0 spiro atoms. The lowest BCUT2D eigenvalue weighted by molar-refractivity contribution is -0.857. The van der Waals surface area contributed by atoms with Crippen molar-refractivity contribution in [2.45, 2.75) is 6.54 Å². The number of rotatable bonds is 7. The van der Waals surface area contributed by atoms with Gasteiger partial charge >= 0.3 is 0 Å². The van der Waals surface area contributed by atoms with Gasteiger partial charge in [0.15, 0.2) is 5.11 Å². The zero-order valence-electron chi connectivity index (χ0n) is 14.6. The highest BCUT2D eigenvalue weighted by molar-refractivity contribution is 7.80. The SMILES string of the molecule is COc1ccc(NC(=S)N(CC[NH+](C)C)Cc2ccccc2)cc1. The Balaban J connectivity index is 2.04. The third-order valence-corrected chi connectivity index (χ3v) is 4.09. The summed E-state index contributed by atoms with van der Waals surface area (Å²) in [6, 6.07) is 18.2. The summed E-state index contributed by atoms with van der Waals surface area (Å²) in [5.74, 6) is 0.837. The molecule has 0 fully saturated rings. The largest absolute Gasteiger partial charge is 0.497 e. The molecular formula is C19H26N3OS+. The van der Waals surface area contributed by atoms with Crippen molar-refractivity contribution in [3.05, 3.63) is 60.2 Å². The van der Waals surface area contributed by atoms with Crippen molar-refractivity contribution < 1.29 is 9.64 Å². The van der Waals surface area contributed by atoms with Gasteiger partial charge in [0.1, 0.15) is 5.75 Å². The van der Waals surface area contributed by atoms with Gasteiger partial charge < -0.3 is 19.9 Å². The van der Waals surface area contributed by atoms with E-state index in [4.69, 9.17) is 17.0 Å². The van der Waals surface area contributed by atoms with Gasteiger partial charge in [-0.25, -0.2) is 0 Å². The number of ether oxygens (including phenoxy) is 1. The zero-order valence-corrected chi connectivity index (χ0v) is 15.4. The second-order valence-electron chi connectivity index (χ2n) is 6.02. The Bertz CT molecular complexity index is 629. The fraction of sp³-hybridized carbons (Fsp3) is 0.316. The molecule has 0 saturated heterocycles. The highest BCUT2D eigenvalue weighted by Gasteiger charge is 2.12. The number of nitrogens with zero attached hydrogens (tertiary/aromatic N) is 1. The van der Waals surface area contributed by atoms with Gasteiger partial charge in [0.25, 0.3) is 0 Å². The lowest BCUT2D eigenvalue weighted by Gasteiger charge is -2.26. The van der Waals surface area contributed by atoms with Gasteiger partial charge in [-0.05, 0) is 42.0 Å². The van der Waals surface area contributed by atoms with E-state index >= 15 is 0 Å². The van der Waals surface area contributed by atoms with E-state index in [0.717, 1.165) is 36.2 Å². The van der Waals surface area contributed by atoms with Gasteiger partial charge in [0, 0.05) is 12.2 Å². The second-order valence-corrected chi connectivity index (χ2v) is 6.41. The minimum absolute atomic E-state index is 0.741. The van der Waals surface area contributed by atoms with Crippen LogP contribution in [0.1, 0.15) is 5.56 Å². The van der Waals surface area contributed by atoms with Crippen LogP contribution < -0.4 is 15.0 Å².